The number of amides is 1. The number of rotatable bonds is 9. The SMILES string of the molecule is CCS(=O)(=O)NC1CCCN(C(=O)O)C1Cc1cccc(-c2ccccc2O/C=C\C(=O)OC(C)(C)C)c1. The molecule has 1 aliphatic heterocycles. The van der Waals surface area contributed by atoms with E-state index in [0.29, 0.717) is 31.6 Å². The molecule has 1 amide bonds. The van der Waals surface area contributed by atoms with Crippen molar-refractivity contribution in [1.82, 2.24) is 9.62 Å². The van der Waals surface area contributed by atoms with Gasteiger partial charge in [0.25, 0.3) is 0 Å². The van der Waals surface area contributed by atoms with Gasteiger partial charge in [0.1, 0.15) is 11.4 Å². The van der Waals surface area contributed by atoms with Crippen molar-refractivity contribution in [2.75, 3.05) is 12.3 Å². The van der Waals surface area contributed by atoms with Gasteiger partial charge >= 0.3 is 12.1 Å². The van der Waals surface area contributed by atoms with Gasteiger partial charge in [-0.15, -0.1) is 0 Å². The average molecular weight is 545 g/mol. The molecule has 3 rings (SSSR count). The van der Waals surface area contributed by atoms with Crippen molar-refractivity contribution in [2.45, 2.75) is 64.6 Å². The van der Waals surface area contributed by atoms with E-state index in [0.717, 1.165) is 16.7 Å². The fraction of sp³-hybridized carbons (Fsp3) is 0.429. The maximum atomic E-state index is 12.3. The molecule has 1 fully saturated rings. The standard InChI is InChI=1S/C28H36N2O7S/c1-5-38(34,35)29-23-13-9-16-30(27(32)33)24(23)19-20-10-8-11-21(18-20)22-12-6-7-14-25(22)36-17-15-26(31)37-28(2,3)4/h6-8,10-12,14-15,17-18,23-24,29H,5,9,13,16,19H2,1-4H3,(H,32,33)/b17-15-. The lowest BCUT2D eigenvalue weighted by atomic mass is 9.90. The van der Waals surface area contributed by atoms with E-state index in [-0.39, 0.29) is 5.75 Å². The minimum atomic E-state index is -3.50. The number of nitrogens with zero attached hydrogens (tertiary/aromatic N) is 1. The Labute approximate surface area is 224 Å². The Hall–Kier alpha value is -3.37. The van der Waals surface area contributed by atoms with E-state index in [1.165, 1.54) is 17.2 Å². The van der Waals surface area contributed by atoms with Gasteiger partial charge in [-0.1, -0.05) is 42.5 Å². The van der Waals surface area contributed by atoms with E-state index in [1.54, 1.807) is 33.8 Å². The summed E-state index contributed by atoms with van der Waals surface area (Å²) in [5.74, 6) is -0.0543. The van der Waals surface area contributed by atoms with Gasteiger partial charge in [-0.3, -0.25) is 0 Å². The molecular formula is C28H36N2O7S. The zero-order valence-corrected chi connectivity index (χ0v) is 23.0. The molecule has 2 aromatic carbocycles. The van der Waals surface area contributed by atoms with Crippen LogP contribution < -0.4 is 9.46 Å². The first-order valence-corrected chi connectivity index (χ1v) is 14.3. The minimum absolute atomic E-state index is 0.0715. The van der Waals surface area contributed by atoms with Crippen LogP contribution in [0.1, 0.15) is 46.1 Å². The van der Waals surface area contributed by atoms with Crippen molar-refractivity contribution >= 4 is 22.1 Å². The third-order valence-corrected chi connectivity index (χ3v) is 7.53. The first-order chi connectivity index (χ1) is 17.9. The van der Waals surface area contributed by atoms with Crippen LogP contribution in [0, 0.1) is 0 Å². The van der Waals surface area contributed by atoms with Crippen molar-refractivity contribution in [2.24, 2.45) is 0 Å². The molecule has 2 unspecified atom stereocenters. The van der Waals surface area contributed by atoms with Crippen LogP contribution in [-0.4, -0.2) is 60.5 Å². The second-order valence-electron chi connectivity index (χ2n) is 10.2. The molecule has 0 radical (unpaired) electrons. The van der Waals surface area contributed by atoms with Crippen molar-refractivity contribution in [3.05, 3.63) is 66.4 Å². The number of likely N-dealkylation sites (tertiary alicyclic amines) is 1. The number of para-hydroxylation sites is 1. The largest absolute Gasteiger partial charge is 0.465 e. The molecule has 2 aromatic rings. The molecule has 206 valence electrons. The van der Waals surface area contributed by atoms with Gasteiger partial charge in [-0.25, -0.2) is 22.7 Å². The first kappa shape index (κ1) is 29.2. The molecule has 0 aliphatic carbocycles. The summed E-state index contributed by atoms with van der Waals surface area (Å²) in [5.41, 5.74) is 1.88. The van der Waals surface area contributed by atoms with Gasteiger partial charge < -0.3 is 19.5 Å². The highest BCUT2D eigenvalue weighted by atomic mass is 32.2. The Bertz CT molecular complexity index is 1270. The second-order valence-corrected chi connectivity index (χ2v) is 12.2. The molecule has 1 saturated heterocycles. The molecule has 0 saturated carbocycles. The molecule has 10 heteroatoms. The number of sulfonamides is 1. The summed E-state index contributed by atoms with van der Waals surface area (Å²) in [4.78, 5) is 25.3. The summed E-state index contributed by atoms with van der Waals surface area (Å²) in [5, 5.41) is 9.81. The zero-order chi connectivity index (χ0) is 27.9. The number of carboxylic acid groups (broad SMARTS) is 1. The quantitative estimate of drug-likeness (QED) is 0.269. The van der Waals surface area contributed by atoms with Gasteiger partial charge in [0.15, 0.2) is 0 Å². The van der Waals surface area contributed by atoms with Crippen LogP contribution >= 0.6 is 0 Å². The zero-order valence-electron chi connectivity index (χ0n) is 22.2. The predicted octanol–water partition coefficient (Wildman–Crippen LogP) is 4.58. The number of esters is 1. The lowest BCUT2D eigenvalue weighted by Crippen LogP contribution is -2.57. The average Bonchev–Trinajstić information content (AvgIpc) is 2.84. The molecule has 2 N–H and O–H groups in total. The van der Waals surface area contributed by atoms with Crippen molar-refractivity contribution in [1.29, 1.82) is 0 Å². The van der Waals surface area contributed by atoms with E-state index in [4.69, 9.17) is 9.47 Å². The molecule has 38 heavy (non-hydrogen) atoms. The highest BCUT2D eigenvalue weighted by molar-refractivity contribution is 7.89. The minimum Gasteiger partial charge on any atom is -0.465 e. The Morgan fingerprint density at radius 3 is 2.58 bits per heavy atom. The molecule has 1 aliphatic rings. The smallest absolute Gasteiger partial charge is 0.407 e. The number of hydrogen-bond acceptors (Lipinski definition) is 6. The monoisotopic (exact) mass is 544 g/mol. The summed E-state index contributed by atoms with van der Waals surface area (Å²) < 4.78 is 38.3. The summed E-state index contributed by atoms with van der Waals surface area (Å²) >= 11 is 0. The third kappa shape index (κ3) is 8.32. The van der Waals surface area contributed by atoms with Gasteiger partial charge in [-0.2, -0.15) is 0 Å². The topological polar surface area (TPSA) is 122 Å². The number of nitrogens with one attached hydrogen (secondary N) is 1. The highest BCUT2D eigenvalue weighted by Gasteiger charge is 2.36. The Balaban J connectivity index is 1.84. The normalized spacial score (nSPS) is 18.4. The van der Waals surface area contributed by atoms with Crippen LogP contribution in [-0.2, 0) is 26.0 Å². The molecule has 0 bridgehead atoms. The summed E-state index contributed by atoms with van der Waals surface area (Å²) in [6.07, 6.45) is 2.93. The molecular weight excluding hydrogens is 508 g/mol. The summed E-state index contributed by atoms with van der Waals surface area (Å²) in [7, 11) is -3.50. The number of carbonyl (C=O) groups is 2. The number of hydrogen-bond donors (Lipinski definition) is 2. The lowest BCUT2D eigenvalue weighted by Gasteiger charge is -2.40. The number of ether oxygens (including phenoxy) is 2. The number of piperidine rings is 1. The van der Waals surface area contributed by atoms with Crippen LogP contribution in [0.15, 0.2) is 60.9 Å². The van der Waals surface area contributed by atoms with Gasteiger partial charge in [0.05, 0.1) is 24.1 Å². The molecule has 2 atom stereocenters. The van der Waals surface area contributed by atoms with Crippen LogP contribution in [0.2, 0.25) is 0 Å². The van der Waals surface area contributed by atoms with Gasteiger partial charge in [0.2, 0.25) is 10.0 Å². The summed E-state index contributed by atoms with van der Waals surface area (Å²) in [6, 6.07) is 13.9. The van der Waals surface area contributed by atoms with Crippen LogP contribution in [0.4, 0.5) is 4.79 Å². The molecule has 0 spiro atoms. The van der Waals surface area contributed by atoms with Crippen molar-refractivity contribution < 1.29 is 32.6 Å². The Kier molecular flexibility index (Phi) is 9.56. The van der Waals surface area contributed by atoms with Crippen LogP contribution in [0.5, 0.6) is 5.75 Å². The molecule has 9 nitrogen and oxygen atoms in total. The fourth-order valence-corrected chi connectivity index (χ4v) is 5.32. The third-order valence-electron chi connectivity index (χ3n) is 6.11. The first-order valence-electron chi connectivity index (χ1n) is 12.6. The van der Waals surface area contributed by atoms with E-state index in [1.807, 2.05) is 42.5 Å². The van der Waals surface area contributed by atoms with Crippen molar-refractivity contribution in [3.63, 3.8) is 0 Å². The van der Waals surface area contributed by atoms with Crippen LogP contribution in [0.25, 0.3) is 11.1 Å². The summed E-state index contributed by atoms with van der Waals surface area (Å²) in [6.45, 7) is 7.26. The second kappa shape index (κ2) is 12.4. The molecule has 0 aromatic heterocycles. The molecule has 1 heterocycles. The maximum Gasteiger partial charge on any atom is 0.407 e. The van der Waals surface area contributed by atoms with E-state index < -0.39 is 39.8 Å². The fourth-order valence-electron chi connectivity index (χ4n) is 4.41. The van der Waals surface area contributed by atoms with Gasteiger partial charge in [-0.05, 0) is 64.2 Å². The Morgan fingerprint density at radius 1 is 1.16 bits per heavy atom. The highest BCUT2D eigenvalue weighted by Crippen LogP contribution is 2.31. The predicted molar refractivity (Wildman–Crippen MR) is 145 cm³/mol. The van der Waals surface area contributed by atoms with Crippen LogP contribution in [0.3, 0.4) is 0 Å². The maximum absolute atomic E-state index is 12.3. The van der Waals surface area contributed by atoms with Crippen molar-refractivity contribution in [3.8, 4) is 16.9 Å². The Morgan fingerprint density at radius 2 is 1.89 bits per heavy atom. The van der Waals surface area contributed by atoms with E-state index >= 15 is 0 Å². The number of benzene rings is 2. The number of carbonyl (C=O) groups excluding carboxylic acids is 1. The van der Waals surface area contributed by atoms with Gasteiger partial charge in [0, 0.05) is 18.2 Å². The van der Waals surface area contributed by atoms with E-state index in [9.17, 15) is 23.1 Å². The lowest BCUT2D eigenvalue weighted by molar-refractivity contribution is -0.148. The van der Waals surface area contributed by atoms with E-state index in [2.05, 4.69) is 4.72 Å².